The lowest BCUT2D eigenvalue weighted by Gasteiger charge is -2.06. The SMILES string of the molecule is COc1cc(CO)cc2c(C(=O)OCCCC#CC#CCCCOC(=O)c3c(-c4ccc(C)cc4)oc4c(OC)cc(CO)cc34)c(-c3ccc(C)cc3)oc12. The third-order valence-corrected chi connectivity index (χ3v) is 9.07. The van der Waals surface area contributed by atoms with Crippen molar-refractivity contribution < 1.29 is 47.6 Å². The van der Waals surface area contributed by atoms with Crippen molar-refractivity contribution in [2.24, 2.45) is 0 Å². The molecular formula is C46H42O10. The van der Waals surface area contributed by atoms with Gasteiger partial charge in [-0.1, -0.05) is 71.5 Å². The molecule has 0 aliphatic rings. The lowest BCUT2D eigenvalue weighted by Crippen LogP contribution is -2.07. The van der Waals surface area contributed by atoms with Crippen LogP contribution in [-0.2, 0) is 22.7 Å². The Balaban J connectivity index is 1.02. The van der Waals surface area contributed by atoms with Crippen molar-refractivity contribution >= 4 is 33.9 Å². The van der Waals surface area contributed by atoms with E-state index in [2.05, 4.69) is 23.7 Å². The molecule has 2 heterocycles. The van der Waals surface area contributed by atoms with Gasteiger partial charge in [0.05, 0.1) is 40.6 Å². The summed E-state index contributed by atoms with van der Waals surface area (Å²) >= 11 is 0. The summed E-state index contributed by atoms with van der Waals surface area (Å²) in [5, 5.41) is 20.6. The van der Waals surface area contributed by atoms with Crippen molar-refractivity contribution in [3.63, 3.8) is 0 Å². The summed E-state index contributed by atoms with van der Waals surface area (Å²) in [5.74, 6) is 12.1. The maximum atomic E-state index is 13.5. The fourth-order valence-electron chi connectivity index (χ4n) is 6.17. The van der Waals surface area contributed by atoms with Crippen LogP contribution in [0.5, 0.6) is 11.5 Å². The normalized spacial score (nSPS) is 10.8. The average molecular weight is 755 g/mol. The van der Waals surface area contributed by atoms with Crippen LogP contribution in [0.1, 0.15) is 68.7 Å². The number of aliphatic hydroxyl groups excluding tert-OH is 2. The number of fused-ring (bicyclic) bond motifs is 2. The number of ether oxygens (including phenoxy) is 4. The number of unbranched alkanes of at least 4 members (excludes halogenated alkanes) is 2. The molecule has 10 nitrogen and oxygen atoms in total. The van der Waals surface area contributed by atoms with Gasteiger partial charge in [0.1, 0.15) is 22.6 Å². The molecule has 0 atom stereocenters. The fraction of sp³-hybridized carbons (Fsp3) is 0.261. The molecule has 0 aliphatic carbocycles. The molecule has 0 amide bonds. The minimum atomic E-state index is -0.549. The smallest absolute Gasteiger partial charge is 0.342 e. The van der Waals surface area contributed by atoms with Gasteiger partial charge in [0.25, 0.3) is 0 Å². The highest BCUT2D eigenvalue weighted by atomic mass is 16.5. The van der Waals surface area contributed by atoms with Crippen LogP contribution in [0.4, 0.5) is 0 Å². The Morgan fingerprint density at radius 3 is 1.36 bits per heavy atom. The molecule has 6 rings (SSSR count). The molecule has 0 saturated heterocycles. The number of rotatable bonds is 14. The predicted octanol–water partition coefficient (Wildman–Crippen LogP) is 8.71. The van der Waals surface area contributed by atoms with Gasteiger partial charge in [-0.25, -0.2) is 9.59 Å². The van der Waals surface area contributed by atoms with Gasteiger partial charge >= 0.3 is 11.9 Å². The molecule has 0 spiro atoms. The van der Waals surface area contributed by atoms with Gasteiger partial charge in [-0.05, 0) is 73.9 Å². The van der Waals surface area contributed by atoms with Crippen LogP contribution in [0.3, 0.4) is 0 Å². The van der Waals surface area contributed by atoms with E-state index < -0.39 is 11.9 Å². The highest BCUT2D eigenvalue weighted by Gasteiger charge is 2.27. The Kier molecular flexibility index (Phi) is 12.8. The number of hydrogen-bond acceptors (Lipinski definition) is 10. The maximum absolute atomic E-state index is 13.5. The number of hydrogen-bond donors (Lipinski definition) is 2. The summed E-state index contributed by atoms with van der Waals surface area (Å²) in [5.41, 5.74) is 6.03. The van der Waals surface area contributed by atoms with E-state index in [1.165, 1.54) is 14.2 Å². The molecule has 286 valence electrons. The van der Waals surface area contributed by atoms with Crippen LogP contribution >= 0.6 is 0 Å². The summed E-state index contributed by atoms with van der Waals surface area (Å²) in [6.07, 6.45) is 1.92. The summed E-state index contributed by atoms with van der Waals surface area (Å²) in [4.78, 5) is 26.9. The lowest BCUT2D eigenvalue weighted by molar-refractivity contribution is 0.0494. The second-order valence-corrected chi connectivity index (χ2v) is 13.1. The van der Waals surface area contributed by atoms with E-state index in [9.17, 15) is 19.8 Å². The van der Waals surface area contributed by atoms with Crippen LogP contribution in [0.2, 0.25) is 0 Å². The summed E-state index contributed by atoms with van der Waals surface area (Å²) in [7, 11) is 3.01. The van der Waals surface area contributed by atoms with Crippen molar-refractivity contribution in [2.45, 2.75) is 52.7 Å². The minimum absolute atomic E-state index is 0.134. The molecule has 0 fully saturated rings. The molecule has 4 aromatic carbocycles. The van der Waals surface area contributed by atoms with Gasteiger partial charge in [-0.2, -0.15) is 0 Å². The molecule has 2 N–H and O–H groups in total. The number of esters is 2. The van der Waals surface area contributed by atoms with E-state index >= 15 is 0 Å². The van der Waals surface area contributed by atoms with Gasteiger partial charge in [-0.15, -0.1) is 0 Å². The third-order valence-electron chi connectivity index (χ3n) is 9.07. The van der Waals surface area contributed by atoms with E-state index in [1.807, 2.05) is 62.4 Å². The Bertz CT molecular complexity index is 2300. The molecule has 0 saturated carbocycles. The zero-order chi connectivity index (χ0) is 39.6. The van der Waals surface area contributed by atoms with Crippen molar-refractivity contribution in [2.75, 3.05) is 27.4 Å². The summed E-state index contributed by atoms with van der Waals surface area (Å²) < 4.78 is 34.7. The molecular weight excluding hydrogens is 712 g/mol. The van der Waals surface area contributed by atoms with E-state index in [1.54, 1.807) is 24.3 Å². The van der Waals surface area contributed by atoms with E-state index in [0.717, 1.165) is 11.1 Å². The fourth-order valence-corrected chi connectivity index (χ4v) is 6.17. The predicted molar refractivity (Wildman–Crippen MR) is 212 cm³/mol. The van der Waals surface area contributed by atoms with Crippen LogP contribution in [0.25, 0.3) is 44.6 Å². The molecule has 2 aromatic heterocycles. The van der Waals surface area contributed by atoms with Crippen molar-refractivity contribution in [3.8, 4) is 57.8 Å². The number of methoxy groups -OCH3 is 2. The first-order valence-electron chi connectivity index (χ1n) is 18.2. The first kappa shape index (κ1) is 39.2. The average Bonchev–Trinajstić information content (AvgIpc) is 3.80. The zero-order valence-corrected chi connectivity index (χ0v) is 31.7. The molecule has 56 heavy (non-hydrogen) atoms. The number of benzene rings is 4. The molecule has 10 heteroatoms. The molecule has 0 aliphatic heterocycles. The maximum Gasteiger partial charge on any atom is 0.342 e. The van der Waals surface area contributed by atoms with Gasteiger partial charge in [-0.3, -0.25) is 0 Å². The van der Waals surface area contributed by atoms with Crippen LogP contribution in [-0.4, -0.2) is 49.6 Å². The number of carbonyl (C=O) groups excluding carboxylic acids is 2. The zero-order valence-electron chi connectivity index (χ0n) is 31.7. The quantitative estimate of drug-likeness (QED) is 0.0631. The molecule has 0 bridgehead atoms. The molecule has 6 aromatic rings. The number of aryl methyl sites for hydroxylation is 2. The highest BCUT2D eigenvalue weighted by Crippen LogP contribution is 2.41. The first-order chi connectivity index (χ1) is 27.3. The first-order valence-corrected chi connectivity index (χ1v) is 18.2. The highest BCUT2D eigenvalue weighted by molar-refractivity contribution is 6.11. The molecule has 0 unspecified atom stereocenters. The number of aliphatic hydroxyl groups is 2. The Morgan fingerprint density at radius 1 is 0.607 bits per heavy atom. The lowest BCUT2D eigenvalue weighted by atomic mass is 10.0. The third kappa shape index (κ3) is 8.74. The largest absolute Gasteiger partial charge is 0.493 e. The van der Waals surface area contributed by atoms with Gasteiger partial charge in [0.2, 0.25) is 0 Å². The Hall–Kier alpha value is -6.46. The van der Waals surface area contributed by atoms with Crippen LogP contribution in [0, 0.1) is 37.5 Å². The van der Waals surface area contributed by atoms with Gasteiger partial charge in [0.15, 0.2) is 22.7 Å². The van der Waals surface area contributed by atoms with Crippen LogP contribution in [0.15, 0.2) is 81.6 Å². The number of carbonyl (C=O) groups is 2. The van der Waals surface area contributed by atoms with Crippen molar-refractivity contribution in [1.29, 1.82) is 0 Å². The van der Waals surface area contributed by atoms with Gasteiger partial charge < -0.3 is 38.0 Å². The van der Waals surface area contributed by atoms with E-state index in [0.29, 0.717) is 92.9 Å². The summed E-state index contributed by atoms with van der Waals surface area (Å²) in [6.45, 7) is 3.75. The Labute approximate surface area is 324 Å². The van der Waals surface area contributed by atoms with Gasteiger partial charge in [0, 0.05) is 34.7 Å². The van der Waals surface area contributed by atoms with Crippen molar-refractivity contribution in [3.05, 3.63) is 106 Å². The van der Waals surface area contributed by atoms with Crippen LogP contribution < -0.4 is 9.47 Å². The minimum Gasteiger partial charge on any atom is -0.493 e. The number of furan rings is 2. The van der Waals surface area contributed by atoms with E-state index in [4.69, 9.17) is 27.8 Å². The second-order valence-electron chi connectivity index (χ2n) is 13.1. The summed E-state index contributed by atoms with van der Waals surface area (Å²) in [6, 6.07) is 22.0. The molecule has 0 radical (unpaired) electrons. The topological polar surface area (TPSA) is 138 Å². The Morgan fingerprint density at radius 2 is 1.00 bits per heavy atom. The monoisotopic (exact) mass is 754 g/mol. The van der Waals surface area contributed by atoms with Crippen molar-refractivity contribution in [1.82, 2.24) is 0 Å². The second kappa shape index (κ2) is 18.2. The standard InChI is InChI=1S/C46H42O10/c1-29-13-17-33(18-14-29)41-39(35-23-31(27-47)25-37(51-3)43(35)55-41)45(49)53-21-11-9-7-5-6-8-10-12-22-54-46(50)40-36-24-32(28-48)26-38(52-4)44(36)56-42(40)34-19-15-30(2)16-20-34/h13-20,23-26,47-48H,9-12,21-22,27-28H2,1-4H3. The van der Waals surface area contributed by atoms with E-state index in [-0.39, 0.29) is 37.6 Å².